The predicted octanol–water partition coefficient (Wildman–Crippen LogP) is 2.36. The summed E-state index contributed by atoms with van der Waals surface area (Å²) >= 11 is 0. The van der Waals surface area contributed by atoms with Crippen molar-refractivity contribution in [2.45, 2.75) is 38.6 Å². The maximum atomic E-state index is 12.3. The zero-order chi connectivity index (χ0) is 13.9. The summed E-state index contributed by atoms with van der Waals surface area (Å²) < 4.78 is 0. The van der Waals surface area contributed by atoms with Gasteiger partial charge in [0.25, 0.3) is 0 Å². The number of rotatable bonds is 4. The lowest BCUT2D eigenvalue weighted by atomic mass is 9.93. The Hall–Kier alpha value is -1.68. The van der Waals surface area contributed by atoms with Crippen LogP contribution in [0.1, 0.15) is 43.5 Å². The summed E-state index contributed by atoms with van der Waals surface area (Å²) in [6.07, 6.45) is 2.69. The van der Waals surface area contributed by atoms with Gasteiger partial charge in [-0.1, -0.05) is 6.92 Å². The fourth-order valence-electron chi connectivity index (χ4n) is 2.50. The van der Waals surface area contributed by atoms with E-state index in [-0.39, 0.29) is 11.7 Å². The Labute approximate surface area is 113 Å². The zero-order valence-electron chi connectivity index (χ0n) is 11.5. The van der Waals surface area contributed by atoms with Gasteiger partial charge in [0, 0.05) is 11.3 Å². The number of anilines is 1. The fraction of sp³-hybridized carbons (Fsp3) is 0.467. The highest BCUT2D eigenvalue weighted by atomic mass is 16.2. The largest absolute Gasteiger partial charge is 0.324 e. The van der Waals surface area contributed by atoms with Crippen LogP contribution in [0.15, 0.2) is 24.3 Å². The first-order chi connectivity index (χ1) is 9.07. The van der Waals surface area contributed by atoms with Gasteiger partial charge >= 0.3 is 0 Å². The Morgan fingerprint density at radius 3 is 2.47 bits per heavy atom. The van der Waals surface area contributed by atoms with E-state index in [4.69, 9.17) is 0 Å². The molecule has 0 radical (unpaired) electrons. The highest BCUT2D eigenvalue weighted by Gasteiger charge is 2.38. The molecule has 1 aliphatic heterocycles. The Morgan fingerprint density at radius 1 is 1.32 bits per heavy atom. The average Bonchev–Trinajstić information content (AvgIpc) is 2.89. The molecule has 0 spiro atoms. The van der Waals surface area contributed by atoms with Crippen molar-refractivity contribution in [3.05, 3.63) is 29.8 Å². The molecule has 2 rings (SSSR count). The summed E-state index contributed by atoms with van der Waals surface area (Å²) in [5.41, 5.74) is 0.956. The van der Waals surface area contributed by atoms with Gasteiger partial charge in [0.15, 0.2) is 5.78 Å². The van der Waals surface area contributed by atoms with Gasteiger partial charge in [-0.15, -0.1) is 0 Å². The lowest BCUT2D eigenvalue weighted by Crippen LogP contribution is -2.50. The molecule has 1 aromatic carbocycles. The van der Waals surface area contributed by atoms with E-state index in [1.54, 1.807) is 24.3 Å². The van der Waals surface area contributed by atoms with Crippen molar-refractivity contribution in [2.75, 3.05) is 11.9 Å². The molecule has 4 nitrogen and oxygen atoms in total. The van der Waals surface area contributed by atoms with Crippen molar-refractivity contribution >= 4 is 17.4 Å². The van der Waals surface area contributed by atoms with E-state index >= 15 is 0 Å². The molecule has 1 atom stereocenters. The SMILES string of the molecule is CCC1(C(=O)Nc2ccc(C(C)=O)cc2)CCCN1. The molecule has 1 aliphatic rings. The van der Waals surface area contributed by atoms with Gasteiger partial charge in [-0.05, 0) is 57.0 Å². The minimum Gasteiger partial charge on any atom is -0.324 e. The van der Waals surface area contributed by atoms with Crippen LogP contribution in [-0.2, 0) is 4.79 Å². The lowest BCUT2D eigenvalue weighted by Gasteiger charge is -2.26. The molecule has 19 heavy (non-hydrogen) atoms. The standard InChI is InChI=1S/C15H20N2O2/c1-3-15(9-4-10-16-15)14(19)17-13-7-5-12(6-8-13)11(2)18/h5-8,16H,3-4,9-10H2,1-2H3,(H,17,19). The Bertz CT molecular complexity index is 473. The van der Waals surface area contributed by atoms with Crippen LogP contribution in [0, 0.1) is 0 Å². The van der Waals surface area contributed by atoms with Crippen molar-refractivity contribution < 1.29 is 9.59 Å². The minimum absolute atomic E-state index is 0.0167. The van der Waals surface area contributed by atoms with Crippen LogP contribution in [0.3, 0.4) is 0 Å². The maximum absolute atomic E-state index is 12.3. The second kappa shape index (κ2) is 5.53. The van der Waals surface area contributed by atoms with E-state index in [9.17, 15) is 9.59 Å². The average molecular weight is 260 g/mol. The van der Waals surface area contributed by atoms with Crippen molar-refractivity contribution in [1.29, 1.82) is 0 Å². The van der Waals surface area contributed by atoms with Crippen LogP contribution in [0.5, 0.6) is 0 Å². The quantitative estimate of drug-likeness (QED) is 0.817. The highest BCUT2D eigenvalue weighted by Crippen LogP contribution is 2.25. The van der Waals surface area contributed by atoms with Crippen LogP contribution in [0.2, 0.25) is 0 Å². The lowest BCUT2D eigenvalue weighted by molar-refractivity contribution is -0.122. The summed E-state index contributed by atoms with van der Waals surface area (Å²) in [5, 5.41) is 6.23. The number of nitrogens with one attached hydrogen (secondary N) is 2. The molecular formula is C15H20N2O2. The Balaban J connectivity index is 2.08. The fourth-order valence-corrected chi connectivity index (χ4v) is 2.50. The highest BCUT2D eigenvalue weighted by molar-refractivity contribution is 5.99. The van der Waals surface area contributed by atoms with Crippen LogP contribution in [-0.4, -0.2) is 23.8 Å². The smallest absolute Gasteiger partial charge is 0.244 e. The number of carbonyl (C=O) groups is 2. The number of hydrogen-bond acceptors (Lipinski definition) is 3. The Morgan fingerprint density at radius 2 is 2.00 bits per heavy atom. The first-order valence-electron chi connectivity index (χ1n) is 6.75. The van der Waals surface area contributed by atoms with Crippen molar-refractivity contribution in [1.82, 2.24) is 5.32 Å². The second-order valence-electron chi connectivity index (χ2n) is 5.05. The molecule has 0 aromatic heterocycles. The van der Waals surface area contributed by atoms with Crippen LogP contribution < -0.4 is 10.6 Å². The third kappa shape index (κ3) is 2.84. The summed E-state index contributed by atoms with van der Waals surface area (Å²) in [6, 6.07) is 7.01. The number of Topliss-reactive ketones (excluding diaryl/α,β-unsaturated/α-hetero) is 1. The third-order valence-corrected chi connectivity index (χ3v) is 3.83. The van der Waals surface area contributed by atoms with Crippen molar-refractivity contribution in [3.63, 3.8) is 0 Å². The van der Waals surface area contributed by atoms with Crippen LogP contribution in [0.4, 0.5) is 5.69 Å². The monoisotopic (exact) mass is 260 g/mol. The predicted molar refractivity (Wildman–Crippen MR) is 75.3 cm³/mol. The number of benzene rings is 1. The van der Waals surface area contributed by atoms with Gasteiger partial charge in [0.05, 0.1) is 5.54 Å². The third-order valence-electron chi connectivity index (χ3n) is 3.83. The minimum atomic E-state index is -0.431. The van der Waals surface area contributed by atoms with Crippen molar-refractivity contribution in [3.8, 4) is 0 Å². The van der Waals surface area contributed by atoms with Gasteiger partial charge in [-0.2, -0.15) is 0 Å². The van der Waals surface area contributed by atoms with Gasteiger partial charge in [0.2, 0.25) is 5.91 Å². The van der Waals surface area contributed by atoms with Gasteiger partial charge in [-0.25, -0.2) is 0 Å². The second-order valence-corrected chi connectivity index (χ2v) is 5.05. The van der Waals surface area contributed by atoms with E-state index in [1.807, 2.05) is 6.92 Å². The van der Waals surface area contributed by atoms with Gasteiger partial charge in [-0.3, -0.25) is 9.59 Å². The molecule has 0 saturated carbocycles. The molecule has 0 bridgehead atoms. The van der Waals surface area contributed by atoms with Crippen molar-refractivity contribution in [2.24, 2.45) is 0 Å². The van der Waals surface area contributed by atoms with E-state index in [1.165, 1.54) is 6.92 Å². The van der Waals surface area contributed by atoms with E-state index in [0.29, 0.717) is 5.56 Å². The molecule has 1 aromatic rings. The molecule has 1 fully saturated rings. The topological polar surface area (TPSA) is 58.2 Å². The molecule has 4 heteroatoms. The maximum Gasteiger partial charge on any atom is 0.244 e. The van der Waals surface area contributed by atoms with Crippen LogP contribution >= 0.6 is 0 Å². The molecular weight excluding hydrogens is 240 g/mol. The summed E-state index contributed by atoms with van der Waals surface area (Å²) in [4.78, 5) is 23.5. The van der Waals surface area contributed by atoms with E-state index in [0.717, 1.165) is 31.5 Å². The molecule has 1 unspecified atom stereocenters. The molecule has 102 valence electrons. The number of ketones is 1. The molecule has 1 saturated heterocycles. The van der Waals surface area contributed by atoms with Crippen LogP contribution in [0.25, 0.3) is 0 Å². The van der Waals surface area contributed by atoms with E-state index in [2.05, 4.69) is 10.6 Å². The molecule has 1 amide bonds. The molecule has 0 aliphatic carbocycles. The van der Waals surface area contributed by atoms with E-state index < -0.39 is 5.54 Å². The summed E-state index contributed by atoms with van der Waals surface area (Å²) in [6.45, 7) is 4.45. The number of amides is 1. The number of hydrogen-bond donors (Lipinski definition) is 2. The molecule has 2 N–H and O–H groups in total. The Kier molecular flexibility index (Phi) is 4.00. The summed E-state index contributed by atoms with van der Waals surface area (Å²) in [5.74, 6) is 0.0449. The zero-order valence-corrected chi connectivity index (χ0v) is 11.5. The number of carbonyl (C=O) groups excluding carboxylic acids is 2. The van der Waals surface area contributed by atoms with Gasteiger partial charge in [0.1, 0.15) is 0 Å². The first-order valence-corrected chi connectivity index (χ1v) is 6.75. The van der Waals surface area contributed by atoms with Gasteiger partial charge < -0.3 is 10.6 Å². The summed E-state index contributed by atoms with van der Waals surface area (Å²) in [7, 11) is 0. The normalized spacial score (nSPS) is 22.2. The molecule has 1 heterocycles. The first kappa shape index (κ1) is 13.7.